The Morgan fingerprint density at radius 3 is 2.19 bits per heavy atom. The average molecular weight is 437 g/mol. The van der Waals surface area contributed by atoms with E-state index in [9.17, 15) is 20.0 Å². The van der Waals surface area contributed by atoms with E-state index in [-0.39, 0.29) is 5.91 Å². The van der Waals surface area contributed by atoms with Crippen LogP contribution in [0, 0.1) is 30.1 Å². The maximum atomic E-state index is 13.1. The van der Waals surface area contributed by atoms with Gasteiger partial charge in [0.15, 0.2) is 0 Å². The minimum atomic E-state index is -0.958. The van der Waals surface area contributed by atoms with Crippen molar-refractivity contribution in [2.24, 2.45) is 11.8 Å². The van der Waals surface area contributed by atoms with Crippen LogP contribution in [0.15, 0.2) is 35.4 Å². The average Bonchev–Trinajstić information content (AvgIpc) is 3.04. The number of nitrogens with zero attached hydrogens (tertiary/aromatic N) is 1. The fourth-order valence-electron chi connectivity index (χ4n) is 4.15. The first kappa shape index (κ1) is 22.8. The third-order valence-electron chi connectivity index (χ3n) is 6.22. The van der Waals surface area contributed by atoms with Crippen molar-refractivity contribution in [3.63, 3.8) is 0 Å². The number of allylic oxidation sites excluding steroid dienone is 2. The van der Waals surface area contributed by atoms with Crippen molar-refractivity contribution in [2.45, 2.75) is 53.4 Å². The second kappa shape index (κ2) is 9.07. The summed E-state index contributed by atoms with van der Waals surface area (Å²) in [5, 5.41) is 22.9. The van der Waals surface area contributed by atoms with Crippen molar-refractivity contribution < 1.29 is 14.7 Å². The highest BCUT2D eigenvalue weighted by molar-refractivity contribution is 7.17. The van der Waals surface area contributed by atoms with E-state index in [2.05, 4.69) is 37.4 Å². The summed E-state index contributed by atoms with van der Waals surface area (Å²) in [6.45, 7) is 10.1. The number of nitrogens with one attached hydrogen (secondary N) is 1. The molecule has 1 aliphatic carbocycles. The minimum Gasteiger partial charge on any atom is -0.481 e. The van der Waals surface area contributed by atoms with Gasteiger partial charge >= 0.3 is 5.97 Å². The Morgan fingerprint density at radius 2 is 1.68 bits per heavy atom. The predicted octanol–water partition coefficient (Wildman–Crippen LogP) is 6.10. The predicted molar refractivity (Wildman–Crippen MR) is 124 cm³/mol. The molecular formula is C25H28N2O3S. The molecule has 6 heteroatoms. The zero-order valence-corrected chi connectivity index (χ0v) is 19.4. The third kappa shape index (κ3) is 4.57. The van der Waals surface area contributed by atoms with Gasteiger partial charge in [-0.1, -0.05) is 49.3 Å². The maximum absolute atomic E-state index is 13.1. The molecule has 0 fully saturated rings. The Morgan fingerprint density at radius 1 is 1.10 bits per heavy atom. The Labute approximate surface area is 187 Å². The summed E-state index contributed by atoms with van der Waals surface area (Å²) in [6.07, 6.45) is 0.797. The lowest BCUT2D eigenvalue weighted by Crippen LogP contribution is -2.36. The first-order valence-electron chi connectivity index (χ1n) is 10.5. The number of benzene rings is 1. The van der Waals surface area contributed by atoms with Crippen LogP contribution in [-0.2, 0) is 9.59 Å². The summed E-state index contributed by atoms with van der Waals surface area (Å²) in [4.78, 5) is 25.8. The number of carbonyl (C=O) groups is 2. The summed E-state index contributed by atoms with van der Waals surface area (Å²) in [6, 6.07) is 10.4. The van der Waals surface area contributed by atoms with Gasteiger partial charge in [0.05, 0.1) is 17.4 Å². The molecule has 2 aromatic rings. The molecule has 2 atom stereocenters. The van der Waals surface area contributed by atoms with Gasteiger partial charge in [0, 0.05) is 10.4 Å². The number of rotatable bonds is 5. The van der Waals surface area contributed by atoms with Gasteiger partial charge in [0.1, 0.15) is 11.1 Å². The number of carboxylic acids is 1. The Bertz CT molecular complexity index is 1090. The van der Waals surface area contributed by atoms with Gasteiger partial charge in [-0.15, -0.1) is 11.3 Å². The first-order valence-corrected chi connectivity index (χ1v) is 11.3. The lowest BCUT2D eigenvalue weighted by molar-refractivity contribution is -0.146. The third-order valence-corrected chi connectivity index (χ3v) is 7.24. The number of hydrogen-bond acceptors (Lipinski definition) is 4. The largest absolute Gasteiger partial charge is 0.481 e. The number of amides is 1. The van der Waals surface area contributed by atoms with Gasteiger partial charge in [-0.2, -0.15) is 5.26 Å². The molecule has 1 heterocycles. The number of anilines is 1. The van der Waals surface area contributed by atoms with E-state index in [1.807, 2.05) is 32.9 Å². The van der Waals surface area contributed by atoms with E-state index < -0.39 is 17.8 Å². The Balaban J connectivity index is 1.92. The van der Waals surface area contributed by atoms with Crippen LogP contribution in [0.1, 0.15) is 62.5 Å². The van der Waals surface area contributed by atoms with Gasteiger partial charge in [0.25, 0.3) is 0 Å². The summed E-state index contributed by atoms with van der Waals surface area (Å²) < 4.78 is 0. The monoisotopic (exact) mass is 436 g/mol. The molecule has 1 aliphatic rings. The van der Waals surface area contributed by atoms with Crippen LogP contribution in [0.5, 0.6) is 0 Å². The van der Waals surface area contributed by atoms with Crippen LogP contribution in [0.3, 0.4) is 0 Å². The van der Waals surface area contributed by atoms with Gasteiger partial charge < -0.3 is 10.4 Å². The van der Waals surface area contributed by atoms with E-state index in [1.165, 1.54) is 16.9 Å². The van der Waals surface area contributed by atoms with Crippen LogP contribution in [0.4, 0.5) is 5.00 Å². The molecule has 1 aromatic carbocycles. The molecule has 1 aromatic heterocycles. The SMILES string of the molecule is CC1=C(C)CC(C(=O)Nc2sc(C)c(-c3ccc(C(C)C)cc3)c2C#N)C(C(=O)O)C1. The molecule has 2 unspecified atom stereocenters. The topological polar surface area (TPSA) is 90.2 Å². The first-order chi connectivity index (χ1) is 14.6. The summed E-state index contributed by atoms with van der Waals surface area (Å²) in [5.41, 5.74) is 5.51. The van der Waals surface area contributed by atoms with Gasteiger partial charge in [0.2, 0.25) is 5.91 Å². The molecule has 0 radical (unpaired) electrons. The molecule has 2 N–H and O–H groups in total. The number of carboxylic acid groups (broad SMARTS) is 1. The number of carbonyl (C=O) groups excluding carboxylic acids is 1. The van der Waals surface area contributed by atoms with Gasteiger partial charge in [-0.05, 0) is 50.7 Å². The Hall–Kier alpha value is -2.91. The number of nitriles is 1. The second-order valence-electron chi connectivity index (χ2n) is 8.64. The summed E-state index contributed by atoms with van der Waals surface area (Å²) in [7, 11) is 0. The molecule has 3 rings (SSSR count). The standard InChI is InChI=1S/C25H28N2O3S/c1-13(2)17-6-8-18(9-7-17)22-16(5)31-24(21(22)12-26)27-23(28)19-10-14(3)15(4)11-20(19)25(29)30/h6-9,13,19-20H,10-11H2,1-5H3,(H,27,28)(H,29,30). The van der Waals surface area contributed by atoms with E-state index in [4.69, 9.17) is 0 Å². The normalized spacial score (nSPS) is 18.7. The molecule has 1 amide bonds. The lowest BCUT2D eigenvalue weighted by atomic mass is 9.76. The van der Waals surface area contributed by atoms with Crippen LogP contribution in [0.25, 0.3) is 11.1 Å². The quantitative estimate of drug-likeness (QED) is 0.554. The highest BCUT2D eigenvalue weighted by Crippen LogP contribution is 2.41. The number of aryl methyl sites for hydroxylation is 1. The van der Waals surface area contributed by atoms with Crippen LogP contribution in [0.2, 0.25) is 0 Å². The zero-order valence-electron chi connectivity index (χ0n) is 18.6. The lowest BCUT2D eigenvalue weighted by Gasteiger charge is -2.29. The van der Waals surface area contributed by atoms with Crippen molar-refractivity contribution in [1.29, 1.82) is 5.26 Å². The van der Waals surface area contributed by atoms with Crippen molar-refractivity contribution in [1.82, 2.24) is 0 Å². The molecule has 162 valence electrons. The zero-order chi connectivity index (χ0) is 22.9. The van der Waals surface area contributed by atoms with E-state index in [1.54, 1.807) is 0 Å². The minimum absolute atomic E-state index is 0.335. The molecular weight excluding hydrogens is 408 g/mol. The van der Waals surface area contributed by atoms with Gasteiger partial charge in [-0.25, -0.2) is 0 Å². The molecule has 0 aliphatic heterocycles. The Kier molecular flexibility index (Phi) is 6.66. The van der Waals surface area contributed by atoms with Crippen molar-refractivity contribution in [2.75, 3.05) is 5.32 Å². The van der Waals surface area contributed by atoms with Crippen molar-refractivity contribution in [3.05, 3.63) is 51.4 Å². The van der Waals surface area contributed by atoms with E-state index in [0.29, 0.717) is 29.3 Å². The van der Waals surface area contributed by atoms with E-state index >= 15 is 0 Å². The molecule has 0 spiro atoms. The molecule has 0 saturated heterocycles. The van der Waals surface area contributed by atoms with Crippen molar-refractivity contribution in [3.8, 4) is 17.2 Å². The molecule has 5 nitrogen and oxygen atoms in total. The second-order valence-corrected chi connectivity index (χ2v) is 9.86. The summed E-state index contributed by atoms with van der Waals surface area (Å²) >= 11 is 1.36. The fourth-order valence-corrected chi connectivity index (χ4v) is 5.18. The van der Waals surface area contributed by atoms with Crippen LogP contribution in [-0.4, -0.2) is 17.0 Å². The smallest absolute Gasteiger partial charge is 0.307 e. The molecule has 0 bridgehead atoms. The van der Waals surface area contributed by atoms with Crippen molar-refractivity contribution >= 4 is 28.2 Å². The summed E-state index contributed by atoms with van der Waals surface area (Å²) in [5.74, 6) is -2.27. The van der Waals surface area contributed by atoms with E-state index in [0.717, 1.165) is 27.2 Å². The molecule has 0 saturated carbocycles. The highest BCUT2D eigenvalue weighted by atomic mass is 32.1. The maximum Gasteiger partial charge on any atom is 0.307 e. The number of thiophene rings is 1. The van der Waals surface area contributed by atoms with Crippen LogP contribution >= 0.6 is 11.3 Å². The number of hydrogen-bond donors (Lipinski definition) is 2. The molecule has 31 heavy (non-hydrogen) atoms. The fraction of sp³-hybridized carbons (Fsp3) is 0.400. The van der Waals surface area contributed by atoms with Crippen LogP contribution < -0.4 is 5.32 Å². The number of aliphatic carboxylic acids is 1. The highest BCUT2D eigenvalue weighted by Gasteiger charge is 2.37. The van der Waals surface area contributed by atoms with Gasteiger partial charge in [-0.3, -0.25) is 9.59 Å².